The Kier molecular flexibility index (Phi) is 5.73. The predicted octanol–water partition coefficient (Wildman–Crippen LogP) is 2.68. The summed E-state index contributed by atoms with van der Waals surface area (Å²) in [6, 6.07) is 4.70. The Labute approximate surface area is 111 Å². The Balaban J connectivity index is 2.43. The second-order valence-corrected chi connectivity index (χ2v) is 5.56. The minimum atomic E-state index is -0.746. The second kappa shape index (κ2) is 6.59. The molecule has 1 atom stereocenters. The summed E-state index contributed by atoms with van der Waals surface area (Å²) in [6.07, 6.45) is 1.95. The molecular weight excluding hydrogens is 261 g/mol. The standard InChI is InChI=1S/C12H17ClFNOS/c1-12(16,8-17-2)7-15-6-9-3-4-10(13)11(14)5-9/h3-5,15-16H,6-8H2,1-2H3. The van der Waals surface area contributed by atoms with Gasteiger partial charge in [0, 0.05) is 18.8 Å². The van der Waals surface area contributed by atoms with Gasteiger partial charge in [-0.15, -0.1) is 0 Å². The van der Waals surface area contributed by atoms with Gasteiger partial charge in [0.05, 0.1) is 10.6 Å². The maximum absolute atomic E-state index is 13.1. The van der Waals surface area contributed by atoms with Crippen molar-refractivity contribution in [3.8, 4) is 0 Å². The second-order valence-electron chi connectivity index (χ2n) is 4.28. The quantitative estimate of drug-likeness (QED) is 0.839. The van der Waals surface area contributed by atoms with Gasteiger partial charge < -0.3 is 10.4 Å². The van der Waals surface area contributed by atoms with Gasteiger partial charge in [-0.3, -0.25) is 0 Å². The first-order chi connectivity index (χ1) is 7.94. The zero-order valence-corrected chi connectivity index (χ0v) is 11.5. The lowest BCUT2D eigenvalue weighted by molar-refractivity contribution is 0.0846. The molecule has 5 heteroatoms. The topological polar surface area (TPSA) is 32.3 Å². The third-order valence-electron chi connectivity index (χ3n) is 2.27. The Bertz CT molecular complexity index is 374. The van der Waals surface area contributed by atoms with Gasteiger partial charge in [-0.05, 0) is 30.9 Å². The molecule has 0 aliphatic heterocycles. The van der Waals surface area contributed by atoms with Crippen LogP contribution in [0, 0.1) is 5.82 Å². The summed E-state index contributed by atoms with van der Waals surface area (Å²) in [6.45, 7) is 2.76. The van der Waals surface area contributed by atoms with Crippen molar-refractivity contribution >= 4 is 23.4 Å². The third-order valence-corrected chi connectivity index (χ3v) is 3.49. The summed E-state index contributed by atoms with van der Waals surface area (Å²) in [5.74, 6) is 0.247. The number of hydrogen-bond donors (Lipinski definition) is 2. The van der Waals surface area contributed by atoms with Crippen molar-refractivity contribution < 1.29 is 9.50 Å². The predicted molar refractivity (Wildman–Crippen MR) is 72.1 cm³/mol. The number of benzene rings is 1. The van der Waals surface area contributed by atoms with Crippen LogP contribution in [0.25, 0.3) is 0 Å². The van der Waals surface area contributed by atoms with Crippen molar-refractivity contribution in [3.05, 3.63) is 34.6 Å². The van der Waals surface area contributed by atoms with Crippen LogP contribution in [0.4, 0.5) is 4.39 Å². The van der Waals surface area contributed by atoms with Gasteiger partial charge in [0.2, 0.25) is 0 Å². The van der Waals surface area contributed by atoms with E-state index in [9.17, 15) is 9.50 Å². The number of hydrogen-bond acceptors (Lipinski definition) is 3. The Morgan fingerprint density at radius 3 is 2.82 bits per heavy atom. The maximum Gasteiger partial charge on any atom is 0.142 e. The van der Waals surface area contributed by atoms with Gasteiger partial charge >= 0.3 is 0 Å². The molecule has 0 saturated carbocycles. The van der Waals surface area contributed by atoms with Crippen LogP contribution >= 0.6 is 23.4 Å². The molecule has 2 nitrogen and oxygen atoms in total. The summed E-state index contributed by atoms with van der Waals surface area (Å²) in [4.78, 5) is 0. The number of aliphatic hydroxyl groups is 1. The fourth-order valence-electron chi connectivity index (χ4n) is 1.49. The van der Waals surface area contributed by atoms with E-state index in [1.807, 2.05) is 6.26 Å². The number of nitrogens with one attached hydrogen (secondary N) is 1. The fourth-order valence-corrected chi connectivity index (χ4v) is 2.33. The first kappa shape index (κ1) is 14.8. The average Bonchev–Trinajstić information content (AvgIpc) is 2.23. The van der Waals surface area contributed by atoms with Crippen LogP contribution in [0.3, 0.4) is 0 Å². The summed E-state index contributed by atoms with van der Waals surface area (Å²) < 4.78 is 13.1. The van der Waals surface area contributed by atoms with E-state index in [1.165, 1.54) is 12.1 Å². The summed E-state index contributed by atoms with van der Waals surface area (Å²) >= 11 is 7.18. The molecule has 0 aliphatic carbocycles. The van der Waals surface area contributed by atoms with Crippen LogP contribution in [0.5, 0.6) is 0 Å². The highest BCUT2D eigenvalue weighted by Crippen LogP contribution is 2.15. The summed E-state index contributed by atoms with van der Waals surface area (Å²) in [5, 5.41) is 13.1. The molecule has 1 aromatic rings. The van der Waals surface area contributed by atoms with E-state index in [0.29, 0.717) is 18.8 Å². The zero-order valence-electron chi connectivity index (χ0n) is 9.96. The van der Waals surface area contributed by atoms with Gasteiger partial charge in [0.15, 0.2) is 0 Å². The minimum Gasteiger partial charge on any atom is -0.388 e. The lowest BCUT2D eigenvalue weighted by Gasteiger charge is -2.22. The maximum atomic E-state index is 13.1. The molecule has 0 fully saturated rings. The van der Waals surface area contributed by atoms with Crippen LogP contribution in [0.1, 0.15) is 12.5 Å². The van der Waals surface area contributed by atoms with Crippen molar-refractivity contribution in [1.29, 1.82) is 0 Å². The van der Waals surface area contributed by atoms with Gasteiger partial charge in [-0.1, -0.05) is 17.7 Å². The largest absolute Gasteiger partial charge is 0.388 e. The van der Waals surface area contributed by atoms with Crippen molar-refractivity contribution in [2.24, 2.45) is 0 Å². The fraction of sp³-hybridized carbons (Fsp3) is 0.500. The van der Waals surface area contributed by atoms with Crippen LogP contribution in [-0.4, -0.2) is 29.3 Å². The molecule has 1 unspecified atom stereocenters. The lowest BCUT2D eigenvalue weighted by atomic mass is 10.1. The highest BCUT2D eigenvalue weighted by atomic mass is 35.5. The van der Waals surface area contributed by atoms with E-state index in [-0.39, 0.29) is 5.02 Å². The SMILES string of the molecule is CSCC(C)(O)CNCc1ccc(Cl)c(F)c1. The Hall–Kier alpha value is -0.290. The van der Waals surface area contributed by atoms with E-state index in [1.54, 1.807) is 24.8 Å². The molecule has 0 aromatic heterocycles. The molecule has 0 aliphatic rings. The lowest BCUT2D eigenvalue weighted by Crippen LogP contribution is -2.39. The summed E-state index contributed by atoms with van der Waals surface area (Å²) in [5.41, 5.74) is 0.0663. The highest BCUT2D eigenvalue weighted by molar-refractivity contribution is 7.98. The molecule has 2 N–H and O–H groups in total. The van der Waals surface area contributed by atoms with E-state index in [0.717, 1.165) is 5.56 Å². The number of rotatable bonds is 6. The monoisotopic (exact) mass is 277 g/mol. The molecule has 17 heavy (non-hydrogen) atoms. The van der Waals surface area contributed by atoms with Gasteiger partial charge in [-0.25, -0.2) is 4.39 Å². The summed E-state index contributed by atoms with van der Waals surface area (Å²) in [7, 11) is 0. The molecular formula is C12H17ClFNOS. The third kappa shape index (κ3) is 5.25. The van der Waals surface area contributed by atoms with Gasteiger partial charge in [0.1, 0.15) is 5.82 Å². The minimum absolute atomic E-state index is 0.128. The Morgan fingerprint density at radius 1 is 1.53 bits per heavy atom. The Morgan fingerprint density at radius 2 is 2.24 bits per heavy atom. The van der Waals surface area contributed by atoms with Crippen LogP contribution in [0.2, 0.25) is 5.02 Å². The smallest absolute Gasteiger partial charge is 0.142 e. The molecule has 0 saturated heterocycles. The number of halogens is 2. The van der Waals surface area contributed by atoms with Crippen molar-refractivity contribution in [1.82, 2.24) is 5.32 Å². The first-order valence-electron chi connectivity index (χ1n) is 5.30. The molecule has 0 heterocycles. The van der Waals surface area contributed by atoms with Gasteiger partial charge in [-0.2, -0.15) is 11.8 Å². The first-order valence-corrected chi connectivity index (χ1v) is 7.08. The van der Waals surface area contributed by atoms with Crippen molar-refractivity contribution in [2.75, 3.05) is 18.6 Å². The normalized spacial score (nSPS) is 14.6. The molecule has 0 spiro atoms. The van der Waals surface area contributed by atoms with Crippen molar-refractivity contribution in [2.45, 2.75) is 19.1 Å². The van der Waals surface area contributed by atoms with Crippen LogP contribution in [-0.2, 0) is 6.54 Å². The van der Waals surface area contributed by atoms with E-state index in [4.69, 9.17) is 11.6 Å². The van der Waals surface area contributed by atoms with Gasteiger partial charge in [0.25, 0.3) is 0 Å². The van der Waals surface area contributed by atoms with Crippen LogP contribution < -0.4 is 5.32 Å². The molecule has 96 valence electrons. The molecule has 1 rings (SSSR count). The van der Waals surface area contributed by atoms with Crippen LogP contribution in [0.15, 0.2) is 18.2 Å². The molecule has 1 aromatic carbocycles. The van der Waals surface area contributed by atoms with Crippen molar-refractivity contribution in [3.63, 3.8) is 0 Å². The number of thioether (sulfide) groups is 1. The molecule has 0 radical (unpaired) electrons. The average molecular weight is 278 g/mol. The van der Waals surface area contributed by atoms with E-state index < -0.39 is 11.4 Å². The highest BCUT2D eigenvalue weighted by Gasteiger charge is 2.18. The molecule has 0 bridgehead atoms. The molecule has 0 amide bonds. The van der Waals surface area contributed by atoms with E-state index >= 15 is 0 Å². The zero-order chi connectivity index (χ0) is 12.9. The van der Waals surface area contributed by atoms with E-state index in [2.05, 4.69) is 5.32 Å².